The minimum absolute atomic E-state index is 0.0152. The monoisotopic (exact) mass is 617 g/mol. The number of carbonyl (C=O) groups excluding carboxylic acids is 2. The van der Waals surface area contributed by atoms with E-state index < -0.39 is 28.5 Å². The van der Waals surface area contributed by atoms with Crippen LogP contribution in [-0.4, -0.2) is 44.3 Å². The van der Waals surface area contributed by atoms with Crippen LogP contribution >= 0.6 is 23.2 Å². The maximum atomic E-state index is 14.1. The summed E-state index contributed by atoms with van der Waals surface area (Å²) >= 11 is 12.5. The van der Waals surface area contributed by atoms with E-state index >= 15 is 0 Å². The molecule has 0 aromatic heterocycles. The normalized spacial score (nSPS) is 12.0. The van der Waals surface area contributed by atoms with Crippen LogP contribution in [0.15, 0.2) is 71.6 Å². The van der Waals surface area contributed by atoms with Gasteiger partial charge in [0.05, 0.1) is 10.6 Å². The fourth-order valence-electron chi connectivity index (χ4n) is 4.37. The van der Waals surface area contributed by atoms with Crippen molar-refractivity contribution >= 4 is 50.7 Å². The second kappa shape index (κ2) is 14.7. The van der Waals surface area contributed by atoms with Crippen molar-refractivity contribution in [2.75, 3.05) is 17.4 Å². The molecule has 0 heterocycles. The predicted octanol–water partition coefficient (Wildman–Crippen LogP) is 6.53. The fourth-order valence-corrected chi connectivity index (χ4v) is 6.28. The lowest BCUT2D eigenvalue weighted by Crippen LogP contribution is -2.52. The Bertz CT molecular complexity index is 1420. The van der Waals surface area contributed by atoms with E-state index in [4.69, 9.17) is 23.2 Å². The first-order valence-electron chi connectivity index (χ1n) is 13.6. The molecule has 10 heteroatoms. The van der Waals surface area contributed by atoms with Crippen LogP contribution < -0.4 is 9.62 Å². The van der Waals surface area contributed by atoms with Crippen LogP contribution in [0, 0.1) is 13.8 Å². The van der Waals surface area contributed by atoms with Crippen molar-refractivity contribution in [1.82, 2.24) is 10.2 Å². The number of nitrogens with zero attached hydrogens (tertiary/aromatic N) is 2. The molecule has 0 radical (unpaired) electrons. The van der Waals surface area contributed by atoms with Gasteiger partial charge >= 0.3 is 0 Å². The third kappa shape index (κ3) is 8.71. The molecule has 0 aliphatic carbocycles. The molecule has 41 heavy (non-hydrogen) atoms. The smallest absolute Gasteiger partial charge is 0.264 e. The van der Waals surface area contributed by atoms with Crippen molar-refractivity contribution in [2.45, 2.75) is 64.4 Å². The van der Waals surface area contributed by atoms with Crippen LogP contribution in [0.1, 0.15) is 49.8 Å². The summed E-state index contributed by atoms with van der Waals surface area (Å²) in [6.07, 6.45) is 2.08. The molecular weight excluding hydrogens is 581 g/mol. The summed E-state index contributed by atoms with van der Waals surface area (Å²) in [5.74, 6) is -0.810. The fraction of sp³-hybridized carbons (Fsp3) is 0.355. The molecule has 0 spiro atoms. The summed E-state index contributed by atoms with van der Waals surface area (Å²) < 4.78 is 28.9. The second-order valence-corrected chi connectivity index (χ2v) is 12.8. The molecule has 3 aromatic rings. The quantitative estimate of drug-likeness (QED) is 0.221. The number of hydrogen-bond donors (Lipinski definition) is 1. The van der Waals surface area contributed by atoms with E-state index in [1.54, 1.807) is 12.1 Å². The minimum Gasteiger partial charge on any atom is -0.354 e. The molecule has 1 atom stereocenters. The van der Waals surface area contributed by atoms with Crippen LogP contribution in [0.5, 0.6) is 0 Å². The number of aryl methyl sites for hydroxylation is 2. The Hall–Kier alpha value is -3.07. The van der Waals surface area contributed by atoms with Crippen molar-refractivity contribution in [2.24, 2.45) is 0 Å². The van der Waals surface area contributed by atoms with Crippen LogP contribution in [0.25, 0.3) is 0 Å². The largest absolute Gasteiger partial charge is 0.354 e. The van der Waals surface area contributed by atoms with Gasteiger partial charge in [-0.2, -0.15) is 0 Å². The zero-order valence-corrected chi connectivity index (χ0v) is 26.2. The van der Waals surface area contributed by atoms with Gasteiger partial charge in [0.1, 0.15) is 12.6 Å². The summed E-state index contributed by atoms with van der Waals surface area (Å²) in [4.78, 5) is 28.8. The molecule has 0 bridgehead atoms. The Morgan fingerprint density at radius 1 is 0.878 bits per heavy atom. The minimum atomic E-state index is -4.21. The van der Waals surface area contributed by atoms with Crippen LogP contribution in [-0.2, 0) is 26.2 Å². The number of sulfonamides is 1. The van der Waals surface area contributed by atoms with Crippen LogP contribution in [0.3, 0.4) is 0 Å². The van der Waals surface area contributed by atoms with E-state index in [1.165, 1.54) is 35.2 Å². The maximum absolute atomic E-state index is 14.1. The second-order valence-electron chi connectivity index (χ2n) is 10.0. The highest BCUT2D eigenvalue weighted by molar-refractivity contribution is 7.92. The number of rotatable bonds is 13. The highest BCUT2D eigenvalue weighted by Gasteiger charge is 2.33. The van der Waals surface area contributed by atoms with Crippen molar-refractivity contribution in [3.05, 3.63) is 93.5 Å². The molecule has 0 saturated carbocycles. The number of unbranched alkanes of at least 4 members (excludes halogenated alkanes) is 1. The number of nitrogens with one attached hydrogen (secondary N) is 1. The lowest BCUT2D eigenvalue weighted by Gasteiger charge is -2.33. The van der Waals surface area contributed by atoms with Gasteiger partial charge in [-0.25, -0.2) is 8.42 Å². The average Bonchev–Trinajstić information content (AvgIpc) is 2.92. The first-order valence-corrected chi connectivity index (χ1v) is 15.8. The zero-order valence-electron chi connectivity index (χ0n) is 23.9. The predicted molar refractivity (Wildman–Crippen MR) is 166 cm³/mol. The van der Waals surface area contributed by atoms with Crippen molar-refractivity contribution < 1.29 is 18.0 Å². The summed E-state index contributed by atoms with van der Waals surface area (Å²) in [6.45, 7) is 7.75. The SMILES string of the molecule is CCCCNC(=O)[C@H](CC)N(Cc1ccc(C)cc1)C(=O)CN(c1cc(Cl)cc(Cl)c1)S(=O)(=O)c1ccc(C)cc1. The van der Waals surface area contributed by atoms with Gasteiger partial charge in [-0.05, 0) is 62.6 Å². The molecule has 0 saturated heterocycles. The summed E-state index contributed by atoms with van der Waals surface area (Å²) in [7, 11) is -4.21. The highest BCUT2D eigenvalue weighted by atomic mass is 35.5. The summed E-state index contributed by atoms with van der Waals surface area (Å²) in [6, 6.07) is 17.6. The van der Waals surface area contributed by atoms with E-state index in [-0.39, 0.29) is 33.1 Å². The topological polar surface area (TPSA) is 86.8 Å². The van der Waals surface area contributed by atoms with E-state index in [9.17, 15) is 18.0 Å². The highest BCUT2D eigenvalue weighted by Crippen LogP contribution is 2.30. The van der Waals surface area contributed by atoms with Crippen LogP contribution in [0.2, 0.25) is 10.0 Å². The molecule has 220 valence electrons. The van der Waals surface area contributed by atoms with E-state index in [2.05, 4.69) is 5.32 Å². The molecule has 0 unspecified atom stereocenters. The molecule has 3 rings (SSSR count). The molecule has 0 fully saturated rings. The first kappa shape index (κ1) is 32.4. The number of carbonyl (C=O) groups is 2. The Labute approximate surface area is 253 Å². The average molecular weight is 619 g/mol. The Morgan fingerprint density at radius 3 is 1.98 bits per heavy atom. The number of amides is 2. The summed E-state index contributed by atoms with van der Waals surface area (Å²) in [5, 5.41) is 3.38. The molecule has 0 aliphatic rings. The lowest BCUT2D eigenvalue weighted by molar-refractivity contribution is -0.140. The lowest BCUT2D eigenvalue weighted by atomic mass is 10.1. The van der Waals surface area contributed by atoms with Crippen molar-refractivity contribution in [1.29, 1.82) is 0 Å². The number of halogens is 2. The molecule has 3 aromatic carbocycles. The Morgan fingerprint density at radius 2 is 1.44 bits per heavy atom. The van der Waals surface area contributed by atoms with Crippen molar-refractivity contribution in [3.8, 4) is 0 Å². The third-order valence-electron chi connectivity index (χ3n) is 6.71. The van der Waals surface area contributed by atoms with Gasteiger partial charge in [0.25, 0.3) is 10.0 Å². The number of hydrogen-bond acceptors (Lipinski definition) is 4. The molecule has 1 N–H and O–H groups in total. The Balaban J connectivity index is 2.06. The summed E-state index contributed by atoms with van der Waals surface area (Å²) in [5.41, 5.74) is 2.92. The van der Waals surface area contributed by atoms with E-state index in [1.807, 2.05) is 52.0 Å². The molecular formula is C31H37Cl2N3O4S. The first-order chi connectivity index (χ1) is 19.5. The molecule has 0 aliphatic heterocycles. The van der Waals surface area contributed by atoms with Crippen molar-refractivity contribution in [3.63, 3.8) is 0 Å². The zero-order chi connectivity index (χ0) is 30.2. The number of anilines is 1. The maximum Gasteiger partial charge on any atom is 0.264 e. The Kier molecular flexibility index (Phi) is 11.6. The van der Waals surface area contributed by atoms with Crippen LogP contribution in [0.4, 0.5) is 5.69 Å². The van der Waals surface area contributed by atoms with Gasteiger partial charge in [0, 0.05) is 23.1 Å². The third-order valence-corrected chi connectivity index (χ3v) is 8.94. The van der Waals surface area contributed by atoms with Gasteiger partial charge in [-0.15, -0.1) is 0 Å². The van der Waals surface area contributed by atoms with Gasteiger partial charge in [0.2, 0.25) is 11.8 Å². The van der Waals surface area contributed by atoms with Gasteiger partial charge in [-0.1, -0.05) is 91.0 Å². The van der Waals surface area contributed by atoms with E-state index in [0.29, 0.717) is 13.0 Å². The van der Waals surface area contributed by atoms with Gasteiger partial charge in [0.15, 0.2) is 0 Å². The van der Waals surface area contributed by atoms with Gasteiger partial charge < -0.3 is 10.2 Å². The van der Waals surface area contributed by atoms with E-state index in [0.717, 1.165) is 33.8 Å². The molecule has 2 amide bonds. The molecule has 7 nitrogen and oxygen atoms in total. The number of benzene rings is 3. The van der Waals surface area contributed by atoms with Gasteiger partial charge in [-0.3, -0.25) is 13.9 Å². The standard InChI is InChI=1S/C31H37Cl2N3O4S/c1-5-7-16-34-31(38)29(6-2)35(20-24-12-8-22(3)9-13-24)30(37)21-36(27-18-25(32)17-26(33)19-27)41(39,40)28-14-10-23(4)11-15-28/h8-15,17-19,29H,5-7,16,20-21H2,1-4H3,(H,34,38)/t29-/m0/s1.